The van der Waals surface area contributed by atoms with Crippen LogP contribution in [0.25, 0.3) is 0 Å². The number of aliphatic carboxylic acids is 1. The predicted octanol–water partition coefficient (Wildman–Crippen LogP) is 3.67. The average molecular weight is 276 g/mol. The lowest BCUT2D eigenvalue weighted by atomic mass is 10.0. The molecule has 6 heteroatoms. The molecule has 2 rings (SSSR count). The van der Waals surface area contributed by atoms with Gasteiger partial charge < -0.3 is 5.11 Å². The molecule has 0 saturated heterocycles. The molecule has 0 amide bonds. The zero-order chi connectivity index (χ0) is 14.6. The van der Waals surface area contributed by atoms with Gasteiger partial charge in [0, 0.05) is 5.92 Å². The van der Waals surface area contributed by atoms with E-state index in [4.69, 9.17) is 5.11 Å². The minimum Gasteiger partial charge on any atom is -0.481 e. The molecule has 0 radical (unpaired) electrons. The molecule has 0 aliphatic heterocycles. The molecule has 0 spiro atoms. The first-order chi connectivity index (χ1) is 8.55. The molecule has 19 heavy (non-hydrogen) atoms. The van der Waals surface area contributed by atoms with Crippen molar-refractivity contribution in [3.8, 4) is 0 Å². The molecule has 1 N–H and O–H groups in total. The van der Waals surface area contributed by atoms with Crippen LogP contribution in [0.5, 0.6) is 0 Å². The quantitative estimate of drug-likeness (QED) is 0.837. The summed E-state index contributed by atoms with van der Waals surface area (Å²) in [5, 5.41) is 9.00. The smallest absolute Gasteiger partial charge is 0.416 e. The van der Waals surface area contributed by atoms with Crippen molar-refractivity contribution in [1.29, 1.82) is 0 Å². The van der Waals surface area contributed by atoms with E-state index in [1.54, 1.807) is 13.8 Å². The maximum Gasteiger partial charge on any atom is 0.416 e. The second-order valence-corrected chi connectivity index (χ2v) is 5.39. The Morgan fingerprint density at radius 1 is 1.26 bits per heavy atom. The van der Waals surface area contributed by atoms with Gasteiger partial charge in [-0.25, -0.2) is 4.39 Å². The van der Waals surface area contributed by atoms with E-state index in [9.17, 15) is 22.4 Å². The summed E-state index contributed by atoms with van der Waals surface area (Å²) in [5.41, 5.74) is -1.67. The van der Waals surface area contributed by atoms with Crippen molar-refractivity contribution in [2.24, 2.45) is 11.3 Å². The van der Waals surface area contributed by atoms with Crippen LogP contribution >= 0.6 is 0 Å². The first kappa shape index (κ1) is 13.8. The van der Waals surface area contributed by atoms with Gasteiger partial charge in [-0.05, 0) is 29.2 Å². The van der Waals surface area contributed by atoms with E-state index in [-0.39, 0.29) is 5.56 Å². The molecular weight excluding hydrogens is 264 g/mol. The average Bonchev–Trinajstić information content (AvgIpc) is 2.79. The minimum atomic E-state index is -4.64. The van der Waals surface area contributed by atoms with Crippen molar-refractivity contribution in [1.82, 2.24) is 0 Å². The normalized spacial score (nSPS) is 25.2. The van der Waals surface area contributed by atoms with Crippen LogP contribution < -0.4 is 0 Å². The first-order valence-electron chi connectivity index (χ1n) is 5.65. The lowest BCUT2D eigenvalue weighted by Gasteiger charge is -2.10. The van der Waals surface area contributed by atoms with Gasteiger partial charge in [0.05, 0.1) is 11.5 Å². The highest BCUT2D eigenvalue weighted by Gasteiger charge is 2.62. The van der Waals surface area contributed by atoms with Crippen molar-refractivity contribution in [3.05, 3.63) is 35.1 Å². The maximum atomic E-state index is 13.3. The lowest BCUT2D eigenvalue weighted by Crippen LogP contribution is -2.07. The fourth-order valence-electron chi connectivity index (χ4n) is 2.68. The molecule has 2 atom stereocenters. The Labute approximate surface area is 107 Å². The van der Waals surface area contributed by atoms with E-state index in [0.717, 1.165) is 12.1 Å². The highest BCUT2D eigenvalue weighted by Crippen LogP contribution is 2.64. The number of halogens is 4. The fraction of sp³-hybridized carbons (Fsp3) is 0.462. The maximum absolute atomic E-state index is 13.3. The van der Waals surface area contributed by atoms with Crippen LogP contribution in [-0.2, 0) is 11.0 Å². The number of benzene rings is 1. The van der Waals surface area contributed by atoms with E-state index < -0.39 is 40.8 Å². The number of hydrogen-bond donors (Lipinski definition) is 1. The van der Waals surface area contributed by atoms with Gasteiger partial charge in [-0.3, -0.25) is 4.79 Å². The summed E-state index contributed by atoms with van der Waals surface area (Å²) >= 11 is 0. The summed E-state index contributed by atoms with van der Waals surface area (Å²) in [6.07, 6.45) is -4.64. The summed E-state index contributed by atoms with van der Waals surface area (Å²) in [6, 6.07) is 2.22. The number of hydrogen-bond acceptors (Lipinski definition) is 1. The molecule has 2 nitrogen and oxygen atoms in total. The third-order valence-electron chi connectivity index (χ3n) is 3.70. The summed E-state index contributed by atoms with van der Waals surface area (Å²) in [4.78, 5) is 11.0. The number of carboxylic acid groups (broad SMARTS) is 1. The van der Waals surface area contributed by atoms with Crippen molar-refractivity contribution in [2.75, 3.05) is 0 Å². The monoisotopic (exact) mass is 276 g/mol. The Morgan fingerprint density at radius 2 is 1.84 bits per heavy atom. The van der Waals surface area contributed by atoms with Gasteiger partial charge in [0.1, 0.15) is 5.82 Å². The molecule has 1 aromatic rings. The van der Waals surface area contributed by atoms with Crippen LogP contribution in [0.4, 0.5) is 17.6 Å². The van der Waals surface area contributed by atoms with Gasteiger partial charge >= 0.3 is 12.1 Å². The molecular formula is C13H12F4O2. The van der Waals surface area contributed by atoms with Crippen LogP contribution in [0, 0.1) is 17.2 Å². The van der Waals surface area contributed by atoms with Crippen molar-refractivity contribution < 1.29 is 27.5 Å². The molecule has 1 aliphatic rings. The molecule has 1 fully saturated rings. The largest absolute Gasteiger partial charge is 0.481 e. The van der Waals surface area contributed by atoms with Crippen molar-refractivity contribution >= 4 is 5.97 Å². The topological polar surface area (TPSA) is 37.3 Å². The van der Waals surface area contributed by atoms with Crippen molar-refractivity contribution in [2.45, 2.75) is 25.9 Å². The van der Waals surface area contributed by atoms with Crippen LogP contribution in [-0.4, -0.2) is 11.1 Å². The molecule has 0 heterocycles. The van der Waals surface area contributed by atoms with Crippen LogP contribution in [0.2, 0.25) is 0 Å². The van der Waals surface area contributed by atoms with Gasteiger partial charge in [-0.2, -0.15) is 13.2 Å². The van der Waals surface area contributed by atoms with Crippen LogP contribution in [0.1, 0.15) is 30.9 Å². The Balaban J connectivity index is 2.43. The first-order valence-corrected chi connectivity index (χ1v) is 5.65. The standard InChI is InChI=1S/C13H12F4O2/c1-12(2)9(10(12)11(18)19)6-3-7(13(15,16)17)5-8(14)4-6/h3-5,9-10H,1-2H3,(H,18,19). The third kappa shape index (κ3) is 2.31. The van der Waals surface area contributed by atoms with E-state index in [2.05, 4.69) is 0 Å². The highest BCUT2D eigenvalue weighted by molar-refractivity contribution is 5.77. The van der Waals surface area contributed by atoms with Gasteiger partial charge in [0.2, 0.25) is 0 Å². The summed E-state index contributed by atoms with van der Waals surface area (Å²) in [6.45, 7) is 3.29. The zero-order valence-corrected chi connectivity index (χ0v) is 10.3. The Kier molecular flexibility index (Phi) is 2.88. The van der Waals surface area contributed by atoms with E-state index in [0.29, 0.717) is 6.07 Å². The van der Waals surface area contributed by atoms with E-state index in [1.807, 2.05) is 0 Å². The van der Waals surface area contributed by atoms with Gasteiger partial charge in [-0.1, -0.05) is 13.8 Å². The Hall–Kier alpha value is -1.59. The summed E-state index contributed by atoms with van der Waals surface area (Å²) in [5.74, 6) is -3.46. The zero-order valence-electron chi connectivity index (χ0n) is 10.3. The SMILES string of the molecule is CC1(C)C(C(=O)O)C1c1cc(F)cc(C(F)(F)F)c1. The second-order valence-electron chi connectivity index (χ2n) is 5.39. The number of carboxylic acids is 1. The molecule has 104 valence electrons. The number of carbonyl (C=O) groups is 1. The van der Waals surface area contributed by atoms with E-state index in [1.165, 1.54) is 0 Å². The summed E-state index contributed by atoms with van der Waals surface area (Å²) < 4.78 is 51.1. The molecule has 1 aliphatic carbocycles. The van der Waals surface area contributed by atoms with Gasteiger partial charge in [0.25, 0.3) is 0 Å². The number of alkyl halides is 3. The van der Waals surface area contributed by atoms with Crippen LogP contribution in [0.15, 0.2) is 18.2 Å². The van der Waals surface area contributed by atoms with Crippen molar-refractivity contribution in [3.63, 3.8) is 0 Å². The van der Waals surface area contributed by atoms with Gasteiger partial charge in [0.15, 0.2) is 0 Å². The lowest BCUT2D eigenvalue weighted by molar-refractivity contribution is -0.139. The molecule has 2 unspecified atom stereocenters. The molecule has 1 aromatic carbocycles. The second kappa shape index (κ2) is 3.95. The number of rotatable bonds is 2. The molecule has 0 aromatic heterocycles. The predicted molar refractivity (Wildman–Crippen MR) is 59.0 cm³/mol. The Bertz CT molecular complexity index is 534. The minimum absolute atomic E-state index is 0.0877. The summed E-state index contributed by atoms with van der Waals surface area (Å²) in [7, 11) is 0. The Morgan fingerprint density at radius 3 is 2.26 bits per heavy atom. The van der Waals surface area contributed by atoms with Crippen LogP contribution in [0.3, 0.4) is 0 Å². The fourth-order valence-corrected chi connectivity index (χ4v) is 2.68. The van der Waals surface area contributed by atoms with Gasteiger partial charge in [-0.15, -0.1) is 0 Å². The molecule has 0 bridgehead atoms. The van der Waals surface area contributed by atoms with E-state index >= 15 is 0 Å². The third-order valence-corrected chi connectivity index (χ3v) is 3.70. The highest BCUT2D eigenvalue weighted by atomic mass is 19.4. The molecule has 1 saturated carbocycles.